The first-order valence-corrected chi connectivity index (χ1v) is 10.5. The third-order valence-electron chi connectivity index (χ3n) is 5.78. The van der Waals surface area contributed by atoms with E-state index in [0.29, 0.717) is 30.6 Å². The van der Waals surface area contributed by atoms with Crippen molar-refractivity contribution >= 4 is 5.91 Å². The van der Waals surface area contributed by atoms with Crippen LogP contribution >= 0.6 is 0 Å². The van der Waals surface area contributed by atoms with Crippen molar-refractivity contribution in [2.75, 3.05) is 46.3 Å². The summed E-state index contributed by atoms with van der Waals surface area (Å²) in [5.74, 6) is 0.356. The summed E-state index contributed by atoms with van der Waals surface area (Å²) < 4.78 is 20.1. The number of likely N-dealkylation sites (tertiary alicyclic amines) is 1. The highest BCUT2D eigenvalue weighted by Crippen LogP contribution is 2.20. The summed E-state index contributed by atoms with van der Waals surface area (Å²) in [6.45, 7) is 9.11. The number of rotatable bonds is 6. The maximum Gasteiger partial charge on any atom is 0.236 e. The molecule has 2 saturated heterocycles. The summed E-state index contributed by atoms with van der Waals surface area (Å²) in [5.41, 5.74) is 0.569. The van der Waals surface area contributed by atoms with Crippen LogP contribution in [-0.4, -0.2) is 79.1 Å². The Morgan fingerprint density at radius 2 is 1.89 bits per heavy atom. The van der Waals surface area contributed by atoms with Crippen LogP contribution in [0.25, 0.3) is 0 Å². The summed E-state index contributed by atoms with van der Waals surface area (Å²) in [4.78, 5) is 19.5. The third-order valence-corrected chi connectivity index (χ3v) is 5.78. The summed E-state index contributed by atoms with van der Waals surface area (Å²) in [6.07, 6.45) is 2.05. The van der Waals surface area contributed by atoms with E-state index in [2.05, 4.69) is 30.7 Å². The van der Waals surface area contributed by atoms with Gasteiger partial charge in [-0.3, -0.25) is 9.69 Å². The molecular formula is C22H34FN3O2. The predicted octanol–water partition coefficient (Wildman–Crippen LogP) is 2.61. The van der Waals surface area contributed by atoms with Crippen molar-refractivity contribution in [1.82, 2.24) is 14.7 Å². The molecule has 0 spiro atoms. The fraction of sp³-hybridized carbons (Fsp3) is 0.682. The molecule has 1 aromatic rings. The van der Waals surface area contributed by atoms with Crippen LogP contribution < -0.4 is 0 Å². The summed E-state index contributed by atoms with van der Waals surface area (Å²) in [6, 6.07) is 7.16. The van der Waals surface area contributed by atoms with Gasteiger partial charge in [0.1, 0.15) is 5.82 Å². The van der Waals surface area contributed by atoms with E-state index in [0.717, 1.165) is 39.0 Å². The highest BCUT2D eigenvalue weighted by Gasteiger charge is 2.33. The number of carbonyl (C=O) groups excluding carboxylic acids is 1. The minimum absolute atomic E-state index is 0.107. The number of carbonyl (C=O) groups is 1. The van der Waals surface area contributed by atoms with Gasteiger partial charge in [0, 0.05) is 31.2 Å². The number of hydrogen-bond donors (Lipinski definition) is 0. The second kappa shape index (κ2) is 9.81. The van der Waals surface area contributed by atoms with Gasteiger partial charge in [-0.15, -0.1) is 0 Å². The second-order valence-electron chi connectivity index (χ2n) is 8.68. The zero-order chi connectivity index (χ0) is 20.1. The molecule has 1 atom stereocenters. The molecule has 0 aliphatic carbocycles. The van der Waals surface area contributed by atoms with E-state index in [1.54, 1.807) is 12.1 Å². The molecule has 1 aromatic carbocycles. The van der Waals surface area contributed by atoms with Crippen LogP contribution in [0.4, 0.5) is 4.39 Å². The molecule has 1 amide bonds. The highest BCUT2D eigenvalue weighted by molar-refractivity contribution is 5.78. The predicted molar refractivity (Wildman–Crippen MR) is 108 cm³/mol. The van der Waals surface area contributed by atoms with E-state index in [1.165, 1.54) is 6.07 Å². The monoisotopic (exact) mass is 391 g/mol. The molecule has 0 radical (unpaired) electrons. The van der Waals surface area contributed by atoms with Gasteiger partial charge >= 0.3 is 0 Å². The van der Waals surface area contributed by atoms with Gasteiger partial charge in [-0.25, -0.2) is 4.39 Å². The van der Waals surface area contributed by atoms with Gasteiger partial charge in [0.05, 0.1) is 19.3 Å². The minimum Gasteiger partial charge on any atom is -0.370 e. The Kier molecular flexibility index (Phi) is 7.43. The maximum absolute atomic E-state index is 14.0. The van der Waals surface area contributed by atoms with Crippen molar-refractivity contribution in [3.63, 3.8) is 0 Å². The molecule has 0 N–H and O–H groups in total. The van der Waals surface area contributed by atoms with Gasteiger partial charge in [0.15, 0.2) is 0 Å². The van der Waals surface area contributed by atoms with Gasteiger partial charge in [0.2, 0.25) is 5.91 Å². The van der Waals surface area contributed by atoms with Crippen molar-refractivity contribution in [3.05, 3.63) is 35.6 Å². The Labute approximate surface area is 168 Å². The number of piperidine rings is 1. The molecule has 0 bridgehead atoms. The molecule has 156 valence electrons. The van der Waals surface area contributed by atoms with E-state index in [9.17, 15) is 9.18 Å². The highest BCUT2D eigenvalue weighted by atomic mass is 19.1. The lowest BCUT2D eigenvalue weighted by atomic mass is 10.0. The zero-order valence-corrected chi connectivity index (χ0v) is 17.4. The number of benzene rings is 1. The molecule has 2 fully saturated rings. The van der Waals surface area contributed by atoms with Crippen LogP contribution in [-0.2, 0) is 16.1 Å². The molecule has 0 aromatic heterocycles. The average molecular weight is 392 g/mol. The Balaban J connectivity index is 1.69. The van der Waals surface area contributed by atoms with Crippen molar-refractivity contribution in [2.45, 2.75) is 45.4 Å². The molecule has 0 unspecified atom stereocenters. The maximum atomic E-state index is 14.0. The number of ether oxygens (including phenoxy) is 1. The van der Waals surface area contributed by atoms with Crippen molar-refractivity contribution in [3.8, 4) is 0 Å². The minimum atomic E-state index is -0.238. The lowest BCUT2D eigenvalue weighted by molar-refractivity contribution is -0.132. The number of nitrogens with zero attached hydrogens (tertiary/aromatic N) is 3. The second-order valence-corrected chi connectivity index (χ2v) is 8.68. The molecule has 6 heteroatoms. The van der Waals surface area contributed by atoms with Crippen LogP contribution in [0.15, 0.2) is 24.3 Å². The first-order valence-electron chi connectivity index (χ1n) is 10.5. The number of halogens is 1. The molecule has 28 heavy (non-hydrogen) atoms. The van der Waals surface area contributed by atoms with E-state index < -0.39 is 0 Å². The Hall–Kier alpha value is -1.50. The van der Waals surface area contributed by atoms with E-state index in [-0.39, 0.29) is 24.4 Å². The molecule has 2 aliphatic heterocycles. The van der Waals surface area contributed by atoms with E-state index in [1.807, 2.05) is 11.0 Å². The van der Waals surface area contributed by atoms with Crippen molar-refractivity contribution < 1.29 is 13.9 Å². The zero-order valence-electron chi connectivity index (χ0n) is 17.4. The number of amides is 1. The van der Waals surface area contributed by atoms with Crippen LogP contribution in [0.2, 0.25) is 0 Å². The molecule has 3 rings (SSSR count). The first kappa shape index (κ1) is 21.2. The van der Waals surface area contributed by atoms with Crippen LogP contribution in [0.5, 0.6) is 0 Å². The van der Waals surface area contributed by atoms with Gasteiger partial charge in [-0.2, -0.15) is 0 Å². The smallest absolute Gasteiger partial charge is 0.236 e. The molecule has 5 nitrogen and oxygen atoms in total. The SMILES string of the molecule is CC(C)CN1C[C@H](OCc2ccccc2F)CN(C2CCN(C)CC2)CC1=O. The van der Waals surface area contributed by atoms with Crippen molar-refractivity contribution in [1.29, 1.82) is 0 Å². The van der Waals surface area contributed by atoms with Gasteiger partial charge in [-0.05, 0) is 45.0 Å². The number of hydrogen-bond acceptors (Lipinski definition) is 4. The topological polar surface area (TPSA) is 36.0 Å². The Bertz CT molecular complexity index is 646. The molecular weight excluding hydrogens is 357 g/mol. The average Bonchev–Trinajstić information content (AvgIpc) is 2.80. The largest absolute Gasteiger partial charge is 0.370 e. The van der Waals surface area contributed by atoms with E-state index >= 15 is 0 Å². The normalized spacial score (nSPS) is 23.4. The summed E-state index contributed by atoms with van der Waals surface area (Å²) >= 11 is 0. The molecule has 2 heterocycles. The third kappa shape index (κ3) is 5.75. The van der Waals surface area contributed by atoms with Gasteiger partial charge < -0.3 is 14.5 Å². The van der Waals surface area contributed by atoms with E-state index in [4.69, 9.17) is 4.74 Å². The molecule has 2 aliphatic rings. The van der Waals surface area contributed by atoms with Gasteiger partial charge in [0.25, 0.3) is 0 Å². The van der Waals surface area contributed by atoms with Crippen LogP contribution in [0, 0.1) is 11.7 Å². The Morgan fingerprint density at radius 1 is 1.18 bits per heavy atom. The quantitative estimate of drug-likeness (QED) is 0.747. The lowest BCUT2D eigenvalue weighted by Gasteiger charge is -2.37. The first-order chi connectivity index (χ1) is 13.4. The Morgan fingerprint density at radius 3 is 2.57 bits per heavy atom. The van der Waals surface area contributed by atoms with Gasteiger partial charge in [-0.1, -0.05) is 32.0 Å². The fourth-order valence-corrected chi connectivity index (χ4v) is 4.19. The fourth-order valence-electron chi connectivity index (χ4n) is 4.19. The standard InChI is InChI=1S/C22H34FN3O2/c1-17(2)12-26-14-20(28-16-18-6-4-5-7-21(18)23)13-25(15-22(26)27)19-8-10-24(3)11-9-19/h4-7,17,19-20H,8-16H2,1-3H3/t20-/m1/s1. The molecule has 0 saturated carbocycles. The van der Waals surface area contributed by atoms with Crippen LogP contribution in [0.1, 0.15) is 32.3 Å². The summed E-state index contributed by atoms with van der Waals surface area (Å²) in [5, 5.41) is 0. The summed E-state index contributed by atoms with van der Waals surface area (Å²) in [7, 11) is 2.15. The lowest BCUT2D eigenvalue weighted by Crippen LogP contribution is -2.47. The van der Waals surface area contributed by atoms with Crippen LogP contribution in [0.3, 0.4) is 0 Å². The van der Waals surface area contributed by atoms with Crippen molar-refractivity contribution in [2.24, 2.45) is 5.92 Å².